The molecule has 4 heteroatoms. The van der Waals surface area contributed by atoms with Gasteiger partial charge in [-0.2, -0.15) is 0 Å². The summed E-state index contributed by atoms with van der Waals surface area (Å²) in [5, 5.41) is 0. The molecule has 1 aromatic carbocycles. The maximum Gasteiger partial charge on any atom is 0.231 e. The highest BCUT2D eigenvalue weighted by atomic mass is 16.2. The van der Waals surface area contributed by atoms with Crippen LogP contribution in [0, 0.1) is 0 Å². The fourth-order valence-corrected chi connectivity index (χ4v) is 3.58. The molecule has 0 bridgehead atoms. The largest absolute Gasteiger partial charge is 0.307 e. The van der Waals surface area contributed by atoms with Crippen molar-refractivity contribution in [3.8, 4) is 0 Å². The quantitative estimate of drug-likeness (QED) is 0.871. The van der Waals surface area contributed by atoms with Crippen LogP contribution in [-0.4, -0.2) is 34.9 Å². The van der Waals surface area contributed by atoms with Gasteiger partial charge in [0.2, 0.25) is 5.91 Å². The van der Waals surface area contributed by atoms with Crippen LogP contribution >= 0.6 is 0 Å². The standard InChI is InChI=1S/C18H19N3O/c22-18-10-15-11-19-8-6-17(15)21(18)16-7-9-20(13-16)12-14-4-2-1-3-5-14/h1-6,8,11,16H,7,9-10,12-13H2/t16-/m1/s1. The Kier molecular flexibility index (Phi) is 3.39. The van der Waals surface area contributed by atoms with Gasteiger partial charge in [-0.15, -0.1) is 0 Å². The molecule has 0 N–H and O–H groups in total. The van der Waals surface area contributed by atoms with Gasteiger partial charge < -0.3 is 4.90 Å². The van der Waals surface area contributed by atoms with Gasteiger partial charge in [0.1, 0.15) is 0 Å². The van der Waals surface area contributed by atoms with E-state index in [1.54, 1.807) is 6.20 Å². The SMILES string of the molecule is O=C1Cc2cnccc2N1[C@@H]1CCN(Cc2ccccc2)C1. The Hall–Kier alpha value is -2.20. The molecule has 2 aromatic rings. The minimum absolute atomic E-state index is 0.217. The summed E-state index contributed by atoms with van der Waals surface area (Å²) in [6.45, 7) is 2.95. The average molecular weight is 293 g/mol. The highest BCUT2D eigenvalue weighted by Crippen LogP contribution is 2.32. The number of aromatic nitrogens is 1. The number of fused-ring (bicyclic) bond motifs is 1. The molecular formula is C18H19N3O. The number of rotatable bonds is 3. The second-order valence-corrected chi connectivity index (χ2v) is 6.11. The van der Waals surface area contributed by atoms with Gasteiger partial charge in [-0.1, -0.05) is 30.3 Å². The van der Waals surface area contributed by atoms with Crippen molar-refractivity contribution in [1.82, 2.24) is 9.88 Å². The van der Waals surface area contributed by atoms with Gasteiger partial charge >= 0.3 is 0 Å². The number of hydrogen-bond donors (Lipinski definition) is 0. The number of anilines is 1. The Morgan fingerprint density at radius 2 is 2.05 bits per heavy atom. The van der Waals surface area contributed by atoms with Crippen molar-refractivity contribution in [3.05, 3.63) is 59.9 Å². The van der Waals surface area contributed by atoms with Crippen molar-refractivity contribution in [2.75, 3.05) is 18.0 Å². The van der Waals surface area contributed by atoms with Crippen molar-refractivity contribution in [3.63, 3.8) is 0 Å². The van der Waals surface area contributed by atoms with E-state index >= 15 is 0 Å². The molecule has 0 unspecified atom stereocenters. The monoisotopic (exact) mass is 293 g/mol. The Bertz CT molecular complexity index is 686. The van der Waals surface area contributed by atoms with Crippen molar-refractivity contribution < 1.29 is 4.79 Å². The van der Waals surface area contributed by atoms with E-state index in [2.05, 4.69) is 34.1 Å². The molecule has 4 nitrogen and oxygen atoms in total. The normalized spacial score (nSPS) is 21.4. The molecule has 0 radical (unpaired) electrons. The highest BCUT2D eigenvalue weighted by Gasteiger charge is 2.36. The number of pyridine rings is 1. The number of likely N-dealkylation sites (tertiary alicyclic amines) is 1. The molecule has 0 saturated carbocycles. The third-order valence-electron chi connectivity index (χ3n) is 4.61. The topological polar surface area (TPSA) is 36.4 Å². The van der Waals surface area contributed by atoms with Crippen LogP contribution in [0.15, 0.2) is 48.8 Å². The molecule has 1 fully saturated rings. The molecular weight excluding hydrogens is 274 g/mol. The predicted molar refractivity (Wildman–Crippen MR) is 85.6 cm³/mol. The lowest BCUT2D eigenvalue weighted by Gasteiger charge is -2.25. The van der Waals surface area contributed by atoms with Gasteiger partial charge in [-0.05, 0) is 18.1 Å². The van der Waals surface area contributed by atoms with Crippen LogP contribution in [0.2, 0.25) is 0 Å². The molecule has 1 atom stereocenters. The Labute approximate surface area is 130 Å². The van der Waals surface area contributed by atoms with Gasteiger partial charge in [0.25, 0.3) is 0 Å². The second kappa shape index (κ2) is 5.54. The minimum atomic E-state index is 0.217. The maximum atomic E-state index is 12.4. The number of amides is 1. The fourth-order valence-electron chi connectivity index (χ4n) is 3.58. The van der Waals surface area contributed by atoms with E-state index < -0.39 is 0 Å². The lowest BCUT2D eigenvalue weighted by Crippen LogP contribution is -2.39. The molecule has 22 heavy (non-hydrogen) atoms. The van der Waals surface area contributed by atoms with E-state index in [4.69, 9.17) is 0 Å². The van der Waals surface area contributed by atoms with Gasteiger partial charge in [0, 0.05) is 37.6 Å². The zero-order valence-corrected chi connectivity index (χ0v) is 12.5. The Morgan fingerprint density at radius 1 is 1.18 bits per heavy atom. The van der Waals surface area contributed by atoms with Gasteiger partial charge in [-0.25, -0.2) is 0 Å². The number of nitrogens with zero attached hydrogens (tertiary/aromatic N) is 3. The molecule has 2 aliphatic heterocycles. The summed E-state index contributed by atoms with van der Waals surface area (Å²) in [6.07, 6.45) is 5.14. The summed E-state index contributed by atoms with van der Waals surface area (Å²) in [6, 6.07) is 12.8. The predicted octanol–water partition coefficient (Wildman–Crippen LogP) is 2.25. The Morgan fingerprint density at radius 3 is 2.91 bits per heavy atom. The van der Waals surface area contributed by atoms with Crippen LogP contribution in [0.25, 0.3) is 0 Å². The first-order valence-electron chi connectivity index (χ1n) is 7.82. The number of carbonyl (C=O) groups excluding carboxylic acids is 1. The first kappa shape index (κ1) is 13.5. The molecule has 2 aliphatic rings. The van der Waals surface area contributed by atoms with Crippen LogP contribution < -0.4 is 4.90 Å². The fraction of sp³-hybridized carbons (Fsp3) is 0.333. The van der Waals surface area contributed by atoms with Gasteiger partial charge in [0.15, 0.2) is 0 Å². The first-order chi connectivity index (χ1) is 10.8. The highest BCUT2D eigenvalue weighted by molar-refractivity contribution is 6.01. The summed E-state index contributed by atoms with van der Waals surface area (Å²) >= 11 is 0. The van der Waals surface area contributed by atoms with Crippen LogP contribution in [0.1, 0.15) is 17.5 Å². The van der Waals surface area contributed by atoms with Crippen molar-refractivity contribution in [2.24, 2.45) is 0 Å². The third-order valence-corrected chi connectivity index (χ3v) is 4.61. The van der Waals surface area contributed by atoms with E-state index in [-0.39, 0.29) is 5.91 Å². The van der Waals surface area contributed by atoms with Crippen LogP contribution in [0.5, 0.6) is 0 Å². The molecule has 0 aliphatic carbocycles. The third kappa shape index (κ3) is 2.40. The number of carbonyl (C=O) groups is 1. The minimum Gasteiger partial charge on any atom is -0.307 e. The zero-order valence-electron chi connectivity index (χ0n) is 12.5. The number of benzene rings is 1. The summed E-state index contributed by atoms with van der Waals surface area (Å²) in [5.74, 6) is 0.217. The zero-order chi connectivity index (χ0) is 14.9. The molecule has 3 heterocycles. The van der Waals surface area contributed by atoms with Crippen molar-refractivity contribution in [2.45, 2.75) is 25.4 Å². The van der Waals surface area contributed by atoms with Gasteiger partial charge in [-0.3, -0.25) is 14.7 Å². The molecule has 1 saturated heterocycles. The van der Waals surface area contributed by atoms with Crippen LogP contribution in [0.4, 0.5) is 5.69 Å². The van der Waals surface area contributed by atoms with Gasteiger partial charge in [0.05, 0.1) is 18.2 Å². The first-order valence-corrected chi connectivity index (χ1v) is 7.82. The lowest BCUT2D eigenvalue weighted by atomic mass is 10.2. The van der Waals surface area contributed by atoms with E-state index in [0.29, 0.717) is 12.5 Å². The smallest absolute Gasteiger partial charge is 0.231 e. The van der Waals surface area contributed by atoms with E-state index in [1.165, 1.54) is 5.56 Å². The second-order valence-electron chi connectivity index (χ2n) is 6.11. The maximum absolute atomic E-state index is 12.4. The molecule has 1 aromatic heterocycles. The van der Waals surface area contributed by atoms with Crippen molar-refractivity contribution in [1.29, 1.82) is 0 Å². The average Bonchev–Trinajstić information content (AvgIpc) is 3.11. The van der Waals surface area contributed by atoms with Crippen molar-refractivity contribution >= 4 is 11.6 Å². The Balaban J connectivity index is 1.48. The summed E-state index contributed by atoms with van der Waals surface area (Å²) in [4.78, 5) is 20.9. The summed E-state index contributed by atoms with van der Waals surface area (Å²) in [5.41, 5.74) is 3.46. The number of hydrogen-bond acceptors (Lipinski definition) is 3. The molecule has 0 spiro atoms. The van der Waals surface area contributed by atoms with E-state index in [9.17, 15) is 4.79 Å². The van der Waals surface area contributed by atoms with E-state index in [1.807, 2.05) is 23.2 Å². The molecule has 1 amide bonds. The summed E-state index contributed by atoms with van der Waals surface area (Å²) in [7, 11) is 0. The van der Waals surface area contributed by atoms with Crippen LogP contribution in [0.3, 0.4) is 0 Å². The lowest BCUT2D eigenvalue weighted by molar-refractivity contribution is -0.117. The van der Waals surface area contributed by atoms with E-state index in [0.717, 1.165) is 37.3 Å². The molecule has 112 valence electrons. The molecule has 4 rings (SSSR count). The van der Waals surface area contributed by atoms with Crippen LogP contribution in [-0.2, 0) is 17.8 Å². The summed E-state index contributed by atoms with van der Waals surface area (Å²) < 4.78 is 0.